The quantitative estimate of drug-likeness (QED) is 0.142. The summed E-state index contributed by atoms with van der Waals surface area (Å²) in [5.41, 5.74) is 8.63. The maximum atomic E-state index is 13.5. The van der Waals surface area contributed by atoms with E-state index < -0.39 is 23.9 Å². The van der Waals surface area contributed by atoms with Gasteiger partial charge in [0.1, 0.15) is 23.6 Å². The second-order valence-electron chi connectivity index (χ2n) is 9.54. The number of aromatic amines is 2. The van der Waals surface area contributed by atoms with Crippen molar-refractivity contribution in [1.82, 2.24) is 20.6 Å². The highest BCUT2D eigenvalue weighted by atomic mass is 16.3. The minimum Gasteiger partial charge on any atom is -0.508 e. The van der Waals surface area contributed by atoms with Crippen LogP contribution < -0.4 is 16.4 Å². The zero-order valence-electron chi connectivity index (χ0n) is 21.2. The standard InChI is InChI=1S/C28H33N5O5/c1-2-3-4-5-26(36)32-25(11-17-15-31-23-9-7-19(35)13-21(17)23)28(38)33-24(27(29)37)10-16-14-30-22-8-6-18(34)12-20(16)22/h6-9,12-15,24-25,30-31,34-35H,2-5,10-11H2,1H3,(H2,29,37)(H,32,36)(H,33,38). The number of H-pyrrole nitrogens is 2. The third-order valence-electron chi connectivity index (χ3n) is 6.67. The Labute approximate surface area is 219 Å². The molecule has 38 heavy (non-hydrogen) atoms. The number of aromatic nitrogens is 2. The summed E-state index contributed by atoms with van der Waals surface area (Å²) in [6, 6.07) is 7.71. The predicted molar refractivity (Wildman–Crippen MR) is 145 cm³/mol. The molecule has 0 aliphatic heterocycles. The minimum atomic E-state index is -1.05. The highest BCUT2D eigenvalue weighted by molar-refractivity contribution is 5.93. The highest BCUT2D eigenvalue weighted by Crippen LogP contribution is 2.25. The Hall–Kier alpha value is -4.47. The van der Waals surface area contributed by atoms with Gasteiger partial charge in [0, 0.05) is 53.5 Å². The lowest BCUT2D eigenvalue weighted by atomic mass is 10.0. The Morgan fingerprint density at radius 3 is 1.92 bits per heavy atom. The van der Waals surface area contributed by atoms with Crippen LogP contribution >= 0.6 is 0 Å². The first-order valence-electron chi connectivity index (χ1n) is 12.7. The number of hydrogen-bond donors (Lipinski definition) is 7. The lowest BCUT2D eigenvalue weighted by molar-refractivity contribution is -0.131. The summed E-state index contributed by atoms with van der Waals surface area (Å²) >= 11 is 0. The lowest BCUT2D eigenvalue weighted by Gasteiger charge is -2.22. The first-order valence-corrected chi connectivity index (χ1v) is 12.7. The number of carbonyl (C=O) groups is 3. The first-order chi connectivity index (χ1) is 18.2. The van der Waals surface area contributed by atoms with Crippen LogP contribution in [0.25, 0.3) is 21.8 Å². The van der Waals surface area contributed by atoms with Gasteiger partial charge in [0.2, 0.25) is 17.7 Å². The van der Waals surface area contributed by atoms with E-state index in [2.05, 4.69) is 20.6 Å². The number of benzene rings is 2. The second kappa shape index (κ2) is 11.7. The fourth-order valence-electron chi connectivity index (χ4n) is 4.62. The van der Waals surface area contributed by atoms with E-state index in [-0.39, 0.29) is 36.7 Å². The second-order valence-corrected chi connectivity index (χ2v) is 9.54. The monoisotopic (exact) mass is 519 g/mol. The fourth-order valence-corrected chi connectivity index (χ4v) is 4.62. The van der Waals surface area contributed by atoms with Crippen molar-refractivity contribution in [2.75, 3.05) is 0 Å². The van der Waals surface area contributed by atoms with Crippen molar-refractivity contribution in [3.8, 4) is 11.5 Å². The molecule has 4 aromatic rings. The number of carbonyl (C=O) groups excluding carboxylic acids is 3. The summed E-state index contributed by atoms with van der Waals surface area (Å²) in [5, 5.41) is 26.8. The summed E-state index contributed by atoms with van der Waals surface area (Å²) in [7, 11) is 0. The van der Waals surface area contributed by atoms with Crippen LogP contribution in [0.5, 0.6) is 11.5 Å². The van der Waals surface area contributed by atoms with Crippen molar-refractivity contribution in [3.63, 3.8) is 0 Å². The number of phenols is 2. The summed E-state index contributed by atoms with van der Waals surface area (Å²) in [6.07, 6.45) is 6.52. The van der Waals surface area contributed by atoms with Crippen LogP contribution in [0.1, 0.15) is 43.7 Å². The number of fused-ring (bicyclic) bond motifs is 2. The molecule has 2 aromatic carbocycles. The summed E-state index contributed by atoms with van der Waals surface area (Å²) < 4.78 is 0. The van der Waals surface area contributed by atoms with Gasteiger partial charge in [-0.3, -0.25) is 14.4 Å². The Bertz CT molecular complexity index is 1460. The van der Waals surface area contributed by atoms with Gasteiger partial charge in [0.05, 0.1) is 0 Å². The number of aromatic hydroxyl groups is 2. The number of phenolic OH excluding ortho intramolecular Hbond substituents is 2. The molecule has 2 aromatic heterocycles. The molecule has 200 valence electrons. The molecule has 2 atom stereocenters. The number of primary amides is 1. The molecular weight excluding hydrogens is 486 g/mol. The zero-order chi connectivity index (χ0) is 27.2. The van der Waals surface area contributed by atoms with E-state index in [1.165, 1.54) is 0 Å². The van der Waals surface area contributed by atoms with Crippen LogP contribution in [0.4, 0.5) is 0 Å². The molecular formula is C28H33N5O5. The van der Waals surface area contributed by atoms with E-state index in [4.69, 9.17) is 5.73 Å². The van der Waals surface area contributed by atoms with Gasteiger partial charge < -0.3 is 36.5 Å². The topological polar surface area (TPSA) is 173 Å². The summed E-state index contributed by atoms with van der Waals surface area (Å²) in [6.45, 7) is 2.04. The SMILES string of the molecule is CCCCCC(=O)NC(Cc1c[nH]c2ccc(O)cc12)C(=O)NC(Cc1c[nH]c2ccc(O)cc12)C(N)=O. The van der Waals surface area contributed by atoms with Crippen LogP contribution in [0.3, 0.4) is 0 Å². The van der Waals surface area contributed by atoms with Gasteiger partial charge in [0.15, 0.2) is 0 Å². The van der Waals surface area contributed by atoms with Crippen molar-refractivity contribution < 1.29 is 24.6 Å². The van der Waals surface area contributed by atoms with Crippen molar-refractivity contribution in [3.05, 3.63) is 59.9 Å². The normalized spacial score (nSPS) is 12.9. The smallest absolute Gasteiger partial charge is 0.243 e. The van der Waals surface area contributed by atoms with Crippen molar-refractivity contribution in [2.45, 2.75) is 57.5 Å². The van der Waals surface area contributed by atoms with Crippen LogP contribution in [0, 0.1) is 0 Å². The van der Waals surface area contributed by atoms with Crippen molar-refractivity contribution in [2.24, 2.45) is 5.73 Å². The van der Waals surface area contributed by atoms with Crippen LogP contribution in [-0.4, -0.2) is 50.0 Å². The molecule has 0 fully saturated rings. The Morgan fingerprint density at radius 2 is 1.39 bits per heavy atom. The van der Waals surface area contributed by atoms with Crippen LogP contribution in [0.15, 0.2) is 48.8 Å². The van der Waals surface area contributed by atoms with Gasteiger partial charge in [-0.05, 0) is 53.9 Å². The summed E-state index contributed by atoms with van der Waals surface area (Å²) in [4.78, 5) is 44.7. The maximum absolute atomic E-state index is 13.5. The van der Waals surface area contributed by atoms with Gasteiger partial charge in [-0.25, -0.2) is 0 Å². The van der Waals surface area contributed by atoms with E-state index in [1.54, 1.807) is 48.8 Å². The Kier molecular flexibility index (Phi) is 8.20. The molecule has 10 heteroatoms. The number of unbranched alkanes of at least 4 members (excludes halogenated alkanes) is 2. The molecule has 0 aliphatic carbocycles. The van der Waals surface area contributed by atoms with E-state index >= 15 is 0 Å². The van der Waals surface area contributed by atoms with Gasteiger partial charge in [-0.15, -0.1) is 0 Å². The van der Waals surface area contributed by atoms with Gasteiger partial charge in [0.25, 0.3) is 0 Å². The van der Waals surface area contributed by atoms with E-state index in [1.807, 2.05) is 6.92 Å². The Morgan fingerprint density at radius 1 is 0.842 bits per heavy atom. The van der Waals surface area contributed by atoms with Crippen LogP contribution in [-0.2, 0) is 27.2 Å². The molecule has 0 spiro atoms. The van der Waals surface area contributed by atoms with Crippen molar-refractivity contribution >= 4 is 39.5 Å². The molecule has 3 amide bonds. The molecule has 0 saturated carbocycles. The minimum absolute atomic E-state index is 0.0774. The third-order valence-corrected chi connectivity index (χ3v) is 6.67. The van der Waals surface area contributed by atoms with E-state index in [0.29, 0.717) is 17.4 Å². The number of rotatable bonds is 12. The zero-order valence-corrected chi connectivity index (χ0v) is 21.2. The fraction of sp³-hybridized carbons (Fsp3) is 0.321. The largest absolute Gasteiger partial charge is 0.508 e. The highest BCUT2D eigenvalue weighted by Gasteiger charge is 2.27. The molecule has 0 saturated heterocycles. The average molecular weight is 520 g/mol. The molecule has 8 N–H and O–H groups in total. The Balaban J connectivity index is 1.55. The van der Waals surface area contributed by atoms with E-state index in [9.17, 15) is 24.6 Å². The summed E-state index contributed by atoms with van der Waals surface area (Å²) in [5.74, 6) is -1.37. The van der Waals surface area contributed by atoms with Gasteiger partial charge in [-0.2, -0.15) is 0 Å². The molecule has 0 aliphatic rings. The third kappa shape index (κ3) is 6.26. The predicted octanol–water partition coefficient (Wildman–Crippen LogP) is 2.88. The first kappa shape index (κ1) is 26.6. The number of amides is 3. The lowest BCUT2D eigenvalue weighted by Crippen LogP contribution is -2.54. The molecule has 2 unspecified atom stereocenters. The number of nitrogens with two attached hydrogens (primary N) is 1. The molecule has 0 bridgehead atoms. The number of nitrogens with one attached hydrogen (secondary N) is 4. The van der Waals surface area contributed by atoms with Gasteiger partial charge >= 0.3 is 0 Å². The number of hydrogen-bond acceptors (Lipinski definition) is 5. The van der Waals surface area contributed by atoms with Crippen LogP contribution in [0.2, 0.25) is 0 Å². The molecule has 10 nitrogen and oxygen atoms in total. The molecule has 4 rings (SSSR count). The van der Waals surface area contributed by atoms with Gasteiger partial charge in [-0.1, -0.05) is 19.8 Å². The van der Waals surface area contributed by atoms with Crippen molar-refractivity contribution in [1.29, 1.82) is 0 Å². The maximum Gasteiger partial charge on any atom is 0.243 e. The molecule has 0 radical (unpaired) electrons. The molecule has 2 heterocycles. The average Bonchev–Trinajstić information content (AvgIpc) is 3.46. The van der Waals surface area contributed by atoms with E-state index in [0.717, 1.165) is 34.8 Å².